The van der Waals surface area contributed by atoms with Crippen molar-refractivity contribution in [3.8, 4) is 5.75 Å². The van der Waals surface area contributed by atoms with Crippen LogP contribution in [0.3, 0.4) is 0 Å². The lowest BCUT2D eigenvalue weighted by atomic mass is 10.2. The predicted octanol–water partition coefficient (Wildman–Crippen LogP) is 4.56. The van der Waals surface area contributed by atoms with Crippen LogP contribution in [0.4, 0.5) is 11.4 Å². The second-order valence-electron chi connectivity index (χ2n) is 6.73. The average molecular weight is 462 g/mol. The molecule has 31 heavy (non-hydrogen) atoms. The highest BCUT2D eigenvalue weighted by molar-refractivity contribution is 7.99. The van der Waals surface area contributed by atoms with Crippen molar-refractivity contribution in [1.29, 1.82) is 0 Å². The minimum atomic E-state index is -0.554. The van der Waals surface area contributed by atoms with Gasteiger partial charge in [0.2, 0.25) is 5.91 Å². The Hall–Kier alpha value is -3.11. The van der Waals surface area contributed by atoms with Gasteiger partial charge >= 0.3 is 0 Å². The number of halogens is 1. The lowest BCUT2D eigenvalue weighted by Gasteiger charge is -2.14. The van der Waals surface area contributed by atoms with E-state index in [1.165, 1.54) is 30.0 Å². The first kappa shape index (κ1) is 22.6. The maximum Gasteiger partial charge on any atom is 0.271 e. The lowest BCUT2D eigenvalue weighted by Crippen LogP contribution is -2.15. The maximum absolute atomic E-state index is 12.3. The van der Waals surface area contributed by atoms with Gasteiger partial charge in [0, 0.05) is 19.2 Å². The van der Waals surface area contributed by atoms with Crippen molar-refractivity contribution in [3.05, 3.63) is 69.0 Å². The van der Waals surface area contributed by atoms with Crippen molar-refractivity contribution in [3.63, 3.8) is 0 Å². The zero-order valence-electron chi connectivity index (χ0n) is 17.0. The minimum Gasteiger partial charge on any atom is -0.483 e. The molecule has 1 heterocycles. The summed E-state index contributed by atoms with van der Waals surface area (Å²) in [7, 11) is 1.79. The molecular formula is C20H20ClN5O4S. The molecule has 3 aromatic rings. The van der Waals surface area contributed by atoms with Gasteiger partial charge in [-0.05, 0) is 32.0 Å². The number of anilines is 1. The molecule has 9 nitrogen and oxygen atoms in total. The molecule has 0 aliphatic carbocycles. The fraction of sp³-hybridized carbons (Fsp3) is 0.250. The molecule has 0 spiro atoms. The summed E-state index contributed by atoms with van der Waals surface area (Å²) in [5, 5.41) is 22.5. The predicted molar refractivity (Wildman–Crippen MR) is 119 cm³/mol. The number of amides is 1. The average Bonchev–Trinajstić information content (AvgIpc) is 3.10. The molecule has 0 aliphatic rings. The SMILES string of the molecule is Cc1ccc(OC(C)c2nnc(SCC(=O)Nc3cc([N+](=O)[O-])ccc3Cl)n2C)cc1. The zero-order valence-corrected chi connectivity index (χ0v) is 18.6. The topological polar surface area (TPSA) is 112 Å². The van der Waals surface area contributed by atoms with Crippen LogP contribution in [0.5, 0.6) is 5.75 Å². The summed E-state index contributed by atoms with van der Waals surface area (Å²) < 4.78 is 7.68. The minimum absolute atomic E-state index is 0.0260. The molecular weight excluding hydrogens is 442 g/mol. The normalized spacial score (nSPS) is 11.7. The molecule has 0 fully saturated rings. The number of thioether (sulfide) groups is 1. The number of benzene rings is 2. The van der Waals surface area contributed by atoms with E-state index in [9.17, 15) is 14.9 Å². The van der Waals surface area contributed by atoms with E-state index in [4.69, 9.17) is 16.3 Å². The molecule has 1 aromatic heterocycles. The van der Waals surface area contributed by atoms with Crippen molar-refractivity contribution in [1.82, 2.24) is 14.8 Å². The number of hydrogen-bond acceptors (Lipinski definition) is 7. The van der Waals surface area contributed by atoms with Crippen LogP contribution < -0.4 is 10.1 Å². The first-order valence-corrected chi connectivity index (χ1v) is 10.6. The Morgan fingerprint density at radius 2 is 2.00 bits per heavy atom. The molecule has 162 valence electrons. The van der Waals surface area contributed by atoms with Crippen molar-refractivity contribution in [2.24, 2.45) is 7.05 Å². The van der Waals surface area contributed by atoms with E-state index < -0.39 is 4.92 Å². The molecule has 1 amide bonds. The van der Waals surface area contributed by atoms with E-state index in [1.807, 2.05) is 38.1 Å². The van der Waals surface area contributed by atoms with E-state index >= 15 is 0 Å². The first-order valence-electron chi connectivity index (χ1n) is 9.24. The van der Waals surface area contributed by atoms with Crippen molar-refractivity contribution in [2.75, 3.05) is 11.1 Å². The third-order valence-electron chi connectivity index (χ3n) is 4.33. The quantitative estimate of drug-likeness (QED) is 0.297. The van der Waals surface area contributed by atoms with E-state index in [0.717, 1.165) is 11.3 Å². The molecule has 0 saturated carbocycles. The highest BCUT2D eigenvalue weighted by Crippen LogP contribution is 2.28. The van der Waals surface area contributed by atoms with E-state index in [-0.39, 0.29) is 34.2 Å². The molecule has 3 rings (SSSR count). The summed E-state index contributed by atoms with van der Waals surface area (Å²) >= 11 is 7.20. The van der Waals surface area contributed by atoms with Crippen LogP contribution in [-0.4, -0.2) is 31.3 Å². The Balaban J connectivity index is 1.60. The van der Waals surface area contributed by atoms with Crippen molar-refractivity contribution in [2.45, 2.75) is 25.1 Å². The van der Waals surface area contributed by atoms with Crippen LogP contribution in [0.1, 0.15) is 24.4 Å². The standard InChI is InChI=1S/C20H20ClN5O4S/c1-12-4-7-15(8-5-12)30-13(2)19-23-24-20(25(19)3)31-11-18(27)22-17-10-14(26(28)29)6-9-16(17)21/h4-10,13H,11H2,1-3H3,(H,22,27). The number of carbonyl (C=O) groups excluding carboxylic acids is 1. The molecule has 1 N–H and O–H groups in total. The fourth-order valence-corrected chi connectivity index (χ4v) is 3.60. The number of aryl methyl sites for hydroxylation is 1. The number of nitrogens with zero attached hydrogens (tertiary/aromatic N) is 4. The number of nitrogens with one attached hydrogen (secondary N) is 1. The molecule has 2 aromatic carbocycles. The Labute approximate surface area is 187 Å². The highest BCUT2D eigenvalue weighted by atomic mass is 35.5. The number of non-ortho nitro benzene ring substituents is 1. The third kappa shape index (κ3) is 5.74. The van der Waals surface area contributed by atoms with E-state index in [2.05, 4.69) is 15.5 Å². The molecule has 1 atom stereocenters. The molecule has 0 bridgehead atoms. The van der Waals surface area contributed by atoms with Gasteiger partial charge in [-0.25, -0.2) is 0 Å². The Morgan fingerprint density at radius 1 is 1.29 bits per heavy atom. The van der Waals surface area contributed by atoms with Gasteiger partial charge in [0.15, 0.2) is 17.1 Å². The summed E-state index contributed by atoms with van der Waals surface area (Å²) in [6.07, 6.45) is -0.341. The number of nitro groups is 1. The van der Waals surface area contributed by atoms with Gasteiger partial charge in [0.25, 0.3) is 5.69 Å². The van der Waals surface area contributed by atoms with Gasteiger partial charge in [0.05, 0.1) is 21.4 Å². The summed E-state index contributed by atoms with van der Waals surface area (Å²) in [4.78, 5) is 22.6. The van der Waals surface area contributed by atoms with Crippen LogP contribution in [0.2, 0.25) is 5.02 Å². The number of aromatic nitrogens is 3. The summed E-state index contributed by atoms with van der Waals surface area (Å²) in [5.41, 5.74) is 1.16. The molecule has 0 aliphatic heterocycles. The highest BCUT2D eigenvalue weighted by Gasteiger charge is 2.19. The third-order valence-corrected chi connectivity index (χ3v) is 5.68. The molecule has 0 saturated heterocycles. The van der Waals surface area contributed by atoms with Crippen LogP contribution in [0.15, 0.2) is 47.6 Å². The van der Waals surface area contributed by atoms with Crippen molar-refractivity contribution >= 4 is 40.6 Å². The number of hydrogen-bond donors (Lipinski definition) is 1. The number of ether oxygens (including phenoxy) is 1. The van der Waals surface area contributed by atoms with Crippen LogP contribution in [-0.2, 0) is 11.8 Å². The lowest BCUT2D eigenvalue weighted by molar-refractivity contribution is -0.384. The Bertz CT molecular complexity index is 1100. The van der Waals surface area contributed by atoms with Gasteiger partial charge in [0.1, 0.15) is 5.75 Å². The second-order valence-corrected chi connectivity index (χ2v) is 8.08. The largest absolute Gasteiger partial charge is 0.483 e. The summed E-state index contributed by atoms with van der Waals surface area (Å²) in [6, 6.07) is 11.6. The zero-order chi connectivity index (χ0) is 22.5. The van der Waals surface area contributed by atoms with E-state index in [0.29, 0.717) is 11.0 Å². The maximum atomic E-state index is 12.3. The number of nitro benzene ring substituents is 1. The number of carbonyl (C=O) groups is 1. The van der Waals surface area contributed by atoms with Crippen molar-refractivity contribution < 1.29 is 14.5 Å². The molecule has 11 heteroatoms. The molecule has 1 unspecified atom stereocenters. The Kier molecular flexibility index (Phi) is 7.13. The Morgan fingerprint density at radius 3 is 2.68 bits per heavy atom. The van der Waals surface area contributed by atoms with E-state index in [1.54, 1.807) is 11.6 Å². The van der Waals surface area contributed by atoms with Gasteiger partial charge in [-0.2, -0.15) is 0 Å². The second kappa shape index (κ2) is 9.80. The van der Waals surface area contributed by atoms with Gasteiger partial charge in [-0.3, -0.25) is 14.9 Å². The first-order chi connectivity index (χ1) is 14.7. The molecule has 0 radical (unpaired) electrons. The summed E-state index contributed by atoms with van der Waals surface area (Å²) in [5.74, 6) is 0.993. The summed E-state index contributed by atoms with van der Waals surface area (Å²) in [6.45, 7) is 3.87. The van der Waals surface area contributed by atoms with Crippen LogP contribution in [0, 0.1) is 17.0 Å². The number of rotatable bonds is 8. The van der Waals surface area contributed by atoms with Gasteiger partial charge in [-0.1, -0.05) is 41.1 Å². The van der Waals surface area contributed by atoms with Gasteiger partial charge in [-0.15, -0.1) is 10.2 Å². The van der Waals surface area contributed by atoms with Crippen LogP contribution >= 0.6 is 23.4 Å². The monoisotopic (exact) mass is 461 g/mol. The van der Waals surface area contributed by atoms with Gasteiger partial charge < -0.3 is 14.6 Å². The van der Waals surface area contributed by atoms with Crippen LogP contribution in [0.25, 0.3) is 0 Å². The fourth-order valence-electron chi connectivity index (χ4n) is 2.72. The smallest absolute Gasteiger partial charge is 0.271 e.